The van der Waals surface area contributed by atoms with Gasteiger partial charge in [0.15, 0.2) is 0 Å². The van der Waals surface area contributed by atoms with Gasteiger partial charge >= 0.3 is 0 Å². The molecule has 1 unspecified atom stereocenters. The Labute approximate surface area is 186 Å². The number of ether oxygens (including phenoxy) is 1. The molecule has 0 aliphatic carbocycles. The molecule has 0 radical (unpaired) electrons. The second-order valence-corrected chi connectivity index (χ2v) is 8.31. The van der Waals surface area contributed by atoms with Gasteiger partial charge in [-0.3, -0.25) is 9.59 Å². The first-order chi connectivity index (χ1) is 14.8. The van der Waals surface area contributed by atoms with Crippen molar-refractivity contribution in [3.05, 3.63) is 87.9 Å². The summed E-state index contributed by atoms with van der Waals surface area (Å²) < 4.78 is 6.27. The third-order valence-electron chi connectivity index (χ3n) is 5.55. The Bertz CT molecular complexity index is 1180. The highest BCUT2D eigenvalue weighted by Crippen LogP contribution is 2.40. The minimum absolute atomic E-state index is 0.0146. The topological polar surface area (TPSA) is 72.6 Å². The maximum absolute atomic E-state index is 12.8. The van der Waals surface area contributed by atoms with Crippen molar-refractivity contribution in [2.45, 2.75) is 26.2 Å². The molecule has 0 spiro atoms. The van der Waals surface area contributed by atoms with Crippen LogP contribution >= 0.6 is 11.6 Å². The van der Waals surface area contributed by atoms with Crippen molar-refractivity contribution in [3.8, 4) is 11.5 Å². The van der Waals surface area contributed by atoms with Crippen LogP contribution in [0.5, 0.6) is 11.5 Å². The third kappa shape index (κ3) is 4.42. The molecule has 158 valence electrons. The van der Waals surface area contributed by atoms with Crippen molar-refractivity contribution in [2.24, 2.45) is 5.73 Å². The Kier molecular flexibility index (Phi) is 5.70. The molecule has 31 heavy (non-hydrogen) atoms. The van der Waals surface area contributed by atoms with E-state index in [4.69, 9.17) is 22.1 Å². The fraction of sp³-hybridized carbons (Fsp3) is 0.200. The average Bonchev–Trinajstić information content (AvgIpc) is 3.12. The molecule has 1 atom stereocenters. The summed E-state index contributed by atoms with van der Waals surface area (Å²) in [4.78, 5) is 26.0. The van der Waals surface area contributed by atoms with Gasteiger partial charge in [-0.05, 0) is 61.4 Å². The lowest BCUT2D eigenvalue weighted by molar-refractivity contribution is -0.117. The van der Waals surface area contributed by atoms with Crippen LogP contribution in [0.2, 0.25) is 5.02 Å². The quantitative estimate of drug-likeness (QED) is 0.586. The lowest BCUT2D eigenvalue weighted by atomic mass is 9.97. The summed E-state index contributed by atoms with van der Waals surface area (Å²) in [5.74, 6) is 0.805. The number of anilines is 1. The van der Waals surface area contributed by atoms with Crippen molar-refractivity contribution in [1.29, 1.82) is 0 Å². The van der Waals surface area contributed by atoms with Crippen LogP contribution in [0.1, 0.15) is 39.4 Å². The summed E-state index contributed by atoms with van der Waals surface area (Å²) in [5.41, 5.74) is 9.47. The van der Waals surface area contributed by atoms with Gasteiger partial charge in [-0.15, -0.1) is 0 Å². The number of hydrogen-bond donors (Lipinski definition) is 1. The lowest BCUT2D eigenvalue weighted by Gasteiger charge is -2.19. The molecule has 2 amide bonds. The van der Waals surface area contributed by atoms with E-state index in [1.165, 1.54) is 0 Å². The van der Waals surface area contributed by atoms with E-state index in [0.29, 0.717) is 35.0 Å². The normalized spacial score (nSPS) is 15.9. The predicted octanol–water partition coefficient (Wildman–Crippen LogP) is 5.37. The van der Waals surface area contributed by atoms with Crippen LogP contribution < -0.4 is 15.4 Å². The number of halogens is 1. The fourth-order valence-corrected chi connectivity index (χ4v) is 4.02. The Morgan fingerprint density at radius 1 is 1.06 bits per heavy atom. The van der Waals surface area contributed by atoms with Crippen LogP contribution in [-0.4, -0.2) is 18.4 Å². The number of rotatable bonds is 5. The molecule has 5 nitrogen and oxygen atoms in total. The van der Waals surface area contributed by atoms with Crippen molar-refractivity contribution in [2.75, 3.05) is 11.4 Å². The van der Waals surface area contributed by atoms with Gasteiger partial charge < -0.3 is 15.4 Å². The van der Waals surface area contributed by atoms with E-state index in [0.717, 1.165) is 22.4 Å². The summed E-state index contributed by atoms with van der Waals surface area (Å²) in [6.07, 6.45) is 0.339. The highest BCUT2D eigenvalue weighted by atomic mass is 35.5. The van der Waals surface area contributed by atoms with Gasteiger partial charge in [0.1, 0.15) is 11.5 Å². The Hall–Kier alpha value is -3.31. The number of hydrogen-bond acceptors (Lipinski definition) is 3. The van der Waals surface area contributed by atoms with Gasteiger partial charge in [0, 0.05) is 40.7 Å². The molecule has 6 heteroatoms. The van der Waals surface area contributed by atoms with Crippen molar-refractivity contribution >= 4 is 29.1 Å². The van der Waals surface area contributed by atoms with E-state index < -0.39 is 5.91 Å². The first-order valence-electron chi connectivity index (χ1n) is 10.1. The molecular weight excluding hydrogens is 412 g/mol. The van der Waals surface area contributed by atoms with Gasteiger partial charge in [0.2, 0.25) is 11.8 Å². The smallest absolute Gasteiger partial charge is 0.248 e. The lowest BCUT2D eigenvalue weighted by Crippen LogP contribution is -2.24. The van der Waals surface area contributed by atoms with Crippen molar-refractivity contribution in [1.82, 2.24) is 0 Å². The van der Waals surface area contributed by atoms with E-state index in [-0.39, 0.29) is 11.8 Å². The number of carbonyl (C=O) groups is 2. The third-order valence-corrected chi connectivity index (χ3v) is 5.78. The number of carbonyl (C=O) groups excluding carboxylic acids is 2. The van der Waals surface area contributed by atoms with Crippen molar-refractivity contribution in [3.63, 3.8) is 0 Å². The zero-order chi connectivity index (χ0) is 22.1. The molecule has 1 aliphatic rings. The van der Waals surface area contributed by atoms with Crippen LogP contribution in [0.15, 0.2) is 60.7 Å². The average molecular weight is 435 g/mol. The predicted molar refractivity (Wildman–Crippen MR) is 122 cm³/mol. The number of nitrogens with zero attached hydrogens (tertiary/aromatic N) is 1. The molecule has 0 bridgehead atoms. The maximum Gasteiger partial charge on any atom is 0.248 e. The number of amides is 2. The highest BCUT2D eigenvalue weighted by molar-refractivity contribution is 6.30. The van der Waals surface area contributed by atoms with Crippen molar-refractivity contribution < 1.29 is 14.3 Å². The summed E-state index contributed by atoms with van der Waals surface area (Å²) in [6.45, 7) is 4.48. The maximum atomic E-state index is 12.8. The molecule has 1 aliphatic heterocycles. The van der Waals surface area contributed by atoms with E-state index in [1.54, 1.807) is 29.2 Å². The van der Waals surface area contributed by atoms with Gasteiger partial charge in [-0.1, -0.05) is 35.9 Å². The minimum atomic E-state index is -0.521. The van der Waals surface area contributed by atoms with Crippen LogP contribution in [0.4, 0.5) is 5.69 Å². The van der Waals surface area contributed by atoms with E-state index in [2.05, 4.69) is 0 Å². The van der Waals surface area contributed by atoms with E-state index in [1.807, 2.05) is 50.2 Å². The van der Waals surface area contributed by atoms with Crippen LogP contribution in [-0.2, 0) is 4.79 Å². The van der Waals surface area contributed by atoms with E-state index >= 15 is 0 Å². The molecule has 3 aromatic rings. The Balaban J connectivity index is 1.65. The Morgan fingerprint density at radius 2 is 1.87 bits per heavy atom. The number of aryl methyl sites for hydroxylation is 2. The zero-order valence-corrected chi connectivity index (χ0v) is 18.1. The molecule has 3 aromatic carbocycles. The second-order valence-electron chi connectivity index (χ2n) is 7.87. The first kappa shape index (κ1) is 20.9. The number of primary amides is 1. The molecule has 4 rings (SSSR count). The molecule has 2 N–H and O–H groups in total. The molecule has 1 fully saturated rings. The van der Waals surface area contributed by atoms with Crippen LogP contribution in [0, 0.1) is 13.8 Å². The van der Waals surface area contributed by atoms with Crippen LogP contribution in [0.25, 0.3) is 0 Å². The molecule has 0 aromatic heterocycles. The monoisotopic (exact) mass is 434 g/mol. The molecule has 0 saturated carbocycles. The Morgan fingerprint density at radius 3 is 2.65 bits per heavy atom. The summed E-state index contributed by atoms with van der Waals surface area (Å²) >= 11 is 6.26. The zero-order valence-electron chi connectivity index (χ0n) is 17.4. The SMILES string of the molecule is Cc1ccc(C)c(Oc2cc(Cl)ccc2C2CC(=O)N(c3cccc(C(N)=O)c3)C2)c1. The van der Waals surface area contributed by atoms with Gasteiger partial charge in [-0.25, -0.2) is 0 Å². The minimum Gasteiger partial charge on any atom is -0.457 e. The summed E-state index contributed by atoms with van der Waals surface area (Å²) in [7, 11) is 0. The standard InChI is InChI=1S/C25H23ClN2O3/c1-15-6-7-16(2)22(10-15)31-23-13-19(26)8-9-21(23)18-12-24(29)28(14-18)20-5-3-4-17(11-20)25(27)30/h3-11,13,18H,12,14H2,1-2H3,(H2,27,30). The molecule has 1 heterocycles. The number of nitrogens with two attached hydrogens (primary N) is 1. The molecular formula is C25H23ClN2O3. The van der Waals surface area contributed by atoms with Gasteiger partial charge in [0.05, 0.1) is 0 Å². The second kappa shape index (κ2) is 8.44. The fourth-order valence-electron chi connectivity index (χ4n) is 3.86. The largest absolute Gasteiger partial charge is 0.457 e. The number of benzene rings is 3. The highest BCUT2D eigenvalue weighted by Gasteiger charge is 2.33. The van der Waals surface area contributed by atoms with Gasteiger partial charge in [-0.2, -0.15) is 0 Å². The van der Waals surface area contributed by atoms with Crippen LogP contribution in [0.3, 0.4) is 0 Å². The summed E-state index contributed by atoms with van der Waals surface area (Å²) in [6, 6.07) is 18.4. The first-order valence-corrected chi connectivity index (χ1v) is 10.4. The summed E-state index contributed by atoms with van der Waals surface area (Å²) in [5, 5.41) is 0.569. The molecule has 1 saturated heterocycles. The van der Waals surface area contributed by atoms with Gasteiger partial charge in [0.25, 0.3) is 0 Å². The van der Waals surface area contributed by atoms with E-state index in [9.17, 15) is 9.59 Å².